The van der Waals surface area contributed by atoms with Gasteiger partial charge in [-0.25, -0.2) is 4.39 Å². The highest BCUT2D eigenvalue weighted by Gasteiger charge is 2.20. The summed E-state index contributed by atoms with van der Waals surface area (Å²) in [5.41, 5.74) is 2.05. The van der Waals surface area contributed by atoms with Gasteiger partial charge in [-0.3, -0.25) is 4.90 Å². The Bertz CT molecular complexity index is 398. The maximum Gasteiger partial charge on any atom is 0.127 e. The molecule has 0 aromatic heterocycles. The fourth-order valence-electron chi connectivity index (χ4n) is 2.97. The number of piperidine rings is 1. The lowest BCUT2D eigenvalue weighted by atomic mass is 9.96. The molecule has 0 atom stereocenters. The second kappa shape index (κ2) is 7.01. The second-order valence-electron chi connectivity index (χ2n) is 5.51. The average molecular weight is 264 g/mol. The zero-order valence-corrected chi connectivity index (χ0v) is 12.1. The first-order valence-electron chi connectivity index (χ1n) is 7.37. The van der Waals surface area contributed by atoms with Crippen molar-refractivity contribution in [3.05, 3.63) is 35.1 Å². The maximum absolute atomic E-state index is 14.0. The molecule has 0 amide bonds. The molecule has 3 heteroatoms. The lowest BCUT2D eigenvalue weighted by molar-refractivity contribution is 0.174. The van der Waals surface area contributed by atoms with Gasteiger partial charge in [0.05, 0.1) is 0 Å². The Kier molecular flexibility index (Phi) is 5.34. The summed E-state index contributed by atoms with van der Waals surface area (Å²) in [6.07, 6.45) is 3.34. The highest BCUT2D eigenvalue weighted by atomic mass is 19.1. The maximum atomic E-state index is 14.0. The first kappa shape index (κ1) is 14.5. The second-order valence-corrected chi connectivity index (χ2v) is 5.51. The Morgan fingerprint density at radius 3 is 2.68 bits per heavy atom. The summed E-state index contributed by atoms with van der Waals surface area (Å²) in [6, 6.07) is 5.45. The van der Waals surface area contributed by atoms with Crippen LogP contribution in [0.4, 0.5) is 4.39 Å². The summed E-state index contributed by atoms with van der Waals surface area (Å²) in [7, 11) is 2.01. The number of nitrogens with one attached hydrogen (secondary N) is 1. The van der Waals surface area contributed by atoms with Crippen LogP contribution in [0.3, 0.4) is 0 Å². The Labute approximate surface area is 116 Å². The summed E-state index contributed by atoms with van der Waals surface area (Å²) in [4.78, 5) is 2.39. The third-order valence-corrected chi connectivity index (χ3v) is 4.18. The summed E-state index contributed by atoms with van der Waals surface area (Å²) >= 11 is 0. The zero-order valence-electron chi connectivity index (χ0n) is 12.1. The Hall–Kier alpha value is -0.930. The van der Waals surface area contributed by atoms with Crippen molar-refractivity contribution in [1.82, 2.24) is 10.2 Å². The smallest absolute Gasteiger partial charge is 0.127 e. The molecule has 1 aliphatic rings. The predicted molar refractivity (Wildman–Crippen MR) is 77.7 cm³/mol. The molecule has 106 valence electrons. The summed E-state index contributed by atoms with van der Waals surface area (Å²) in [6.45, 7) is 6.14. The van der Waals surface area contributed by atoms with Gasteiger partial charge in [-0.1, -0.05) is 19.1 Å². The first-order valence-corrected chi connectivity index (χ1v) is 7.37. The van der Waals surface area contributed by atoms with Crippen LogP contribution in [0.5, 0.6) is 0 Å². The van der Waals surface area contributed by atoms with Crippen LogP contribution in [0, 0.1) is 11.7 Å². The SMILES string of the molecule is CCc1cccc(F)c1CN1CCC(CNC)CC1. The largest absolute Gasteiger partial charge is 0.319 e. The van der Waals surface area contributed by atoms with Crippen molar-refractivity contribution in [2.45, 2.75) is 32.7 Å². The molecule has 1 heterocycles. The van der Waals surface area contributed by atoms with Crippen molar-refractivity contribution in [1.29, 1.82) is 0 Å². The molecule has 0 saturated carbocycles. The highest BCUT2D eigenvalue weighted by molar-refractivity contribution is 5.28. The molecule has 1 aliphatic heterocycles. The number of nitrogens with zero attached hydrogens (tertiary/aromatic N) is 1. The monoisotopic (exact) mass is 264 g/mol. The molecule has 1 saturated heterocycles. The van der Waals surface area contributed by atoms with E-state index in [-0.39, 0.29) is 5.82 Å². The molecule has 1 N–H and O–H groups in total. The van der Waals surface area contributed by atoms with E-state index in [1.165, 1.54) is 12.8 Å². The zero-order chi connectivity index (χ0) is 13.7. The van der Waals surface area contributed by atoms with Gasteiger partial charge in [0.15, 0.2) is 0 Å². The van der Waals surface area contributed by atoms with Crippen molar-refractivity contribution >= 4 is 0 Å². The normalized spacial score (nSPS) is 17.8. The Morgan fingerprint density at radius 2 is 2.05 bits per heavy atom. The van der Waals surface area contributed by atoms with Gasteiger partial charge < -0.3 is 5.32 Å². The van der Waals surface area contributed by atoms with Crippen LogP contribution in [0.1, 0.15) is 30.9 Å². The quantitative estimate of drug-likeness (QED) is 0.880. The van der Waals surface area contributed by atoms with Gasteiger partial charge >= 0.3 is 0 Å². The van der Waals surface area contributed by atoms with Crippen LogP contribution in [-0.2, 0) is 13.0 Å². The van der Waals surface area contributed by atoms with E-state index in [2.05, 4.69) is 17.1 Å². The minimum atomic E-state index is -0.0447. The van der Waals surface area contributed by atoms with Crippen molar-refractivity contribution in [3.8, 4) is 0 Å². The van der Waals surface area contributed by atoms with E-state index in [1.54, 1.807) is 6.07 Å². The molecule has 2 rings (SSSR count). The molecule has 1 aromatic carbocycles. The molecule has 1 aromatic rings. The van der Waals surface area contributed by atoms with Gasteiger partial charge in [-0.2, -0.15) is 0 Å². The molecule has 0 bridgehead atoms. The minimum Gasteiger partial charge on any atom is -0.319 e. The van der Waals surface area contributed by atoms with Crippen LogP contribution in [0.25, 0.3) is 0 Å². The number of aryl methyl sites for hydroxylation is 1. The molecule has 1 fully saturated rings. The number of benzene rings is 1. The van der Waals surface area contributed by atoms with E-state index in [0.717, 1.165) is 49.6 Å². The van der Waals surface area contributed by atoms with E-state index < -0.39 is 0 Å². The van der Waals surface area contributed by atoms with Crippen LogP contribution >= 0.6 is 0 Å². The fourth-order valence-corrected chi connectivity index (χ4v) is 2.97. The summed E-state index contributed by atoms with van der Waals surface area (Å²) in [5, 5.41) is 3.25. The van der Waals surface area contributed by atoms with E-state index in [1.807, 2.05) is 19.2 Å². The number of hydrogen-bond acceptors (Lipinski definition) is 2. The molecule has 0 unspecified atom stereocenters. The van der Waals surface area contributed by atoms with Gasteiger partial charge in [0.25, 0.3) is 0 Å². The van der Waals surface area contributed by atoms with E-state index >= 15 is 0 Å². The standard InChI is InChI=1S/C16H25FN2/c1-3-14-5-4-6-16(17)15(14)12-19-9-7-13(8-10-19)11-18-2/h4-6,13,18H,3,7-12H2,1-2H3. The molecular formula is C16H25FN2. The lowest BCUT2D eigenvalue weighted by Gasteiger charge is -2.32. The van der Waals surface area contributed by atoms with Crippen LogP contribution in [-0.4, -0.2) is 31.6 Å². The van der Waals surface area contributed by atoms with E-state index in [9.17, 15) is 4.39 Å². The number of halogens is 1. The molecule has 0 aliphatic carbocycles. The molecule has 19 heavy (non-hydrogen) atoms. The van der Waals surface area contributed by atoms with E-state index in [4.69, 9.17) is 0 Å². The molecule has 0 radical (unpaired) electrons. The van der Waals surface area contributed by atoms with Crippen LogP contribution in [0.2, 0.25) is 0 Å². The van der Waals surface area contributed by atoms with Crippen LogP contribution < -0.4 is 5.32 Å². The third-order valence-electron chi connectivity index (χ3n) is 4.18. The number of likely N-dealkylation sites (tertiary alicyclic amines) is 1. The predicted octanol–water partition coefficient (Wildman–Crippen LogP) is 2.82. The summed E-state index contributed by atoms with van der Waals surface area (Å²) in [5.74, 6) is 0.740. The number of rotatable bonds is 5. The lowest BCUT2D eigenvalue weighted by Crippen LogP contribution is -2.36. The fraction of sp³-hybridized carbons (Fsp3) is 0.625. The highest BCUT2D eigenvalue weighted by Crippen LogP contribution is 2.21. The Balaban J connectivity index is 1.96. The van der Waals surface area contributed by atoms with E-state index in [0.29, 0.717) is 0 Å². The van der Waals surface area contributed by atoms with Gasteiger partial charge in [0.1, 0.15) is 5.82 Å². The molecule has 0 spiro atoms. The average Bonchev–Trinajstić information content (AvgIpc) is 2.43. The van der Waals surface area contributed by atoms with Crippen molar-refractivity contribution < 1.29 is 4.39 Å². The van der Waals surface area contributed by atoms with Gasteiger partial charge in [-0.15, -0.1) is 0 Å². The van der Waals surface area contributed by atoms with Gasteiger partial charge in [-0.05, 0) is 63.5 Å². The molecular weight excluding hydrogens is 239 g/mol. The van der Waals surface area contributed by atoms with Crippen molar-refractivity contribution in [2.24, 2.45) is 5.92 Å². The minimum absolute atomic E-state index is 0.0447. The third kappa shape index (κ3) is 3.77. The van der Waals surface area contributed by atoms with Gasteiger partial charge in [0.2, 0.25) is 0 Å². The first-order chi connectivity index (χ1) is 9.24. The summed E-state index contributed by atoms with van der Waals surface area (Å²) < 4.78 is 14.0. The van der Waals surface area contributed by atoms with Crippen molar-refractivity contribution in [3.63, 3.8) is 0 Å². The molecule has 2 nitrogen and oxygen atoms in total. The number of hydrogen-bond donors (Lipinski definition) is 1. The van der Waals surface area contributed by atoms with Crippen LogP contribution in [0.15, 0.2) is 18.2 Å². The van der Waals surface area contributed by atoms with Gasteiger partial charge in [0, 0.05) is 12.1 Å². The topological polar surface area (TPSA) is 15.3 Å². The van der Waals surface area contributed by atoms with Crippen molar-refractivity contribution in [2.75, 3.05) is 26.7 Å². The Morgan fingerprint density at radius 1 is 1.32 bits per heavy atom.